The number of rotatable bonds is 7. The van der Waals surface area contributed by atoms with Crippen molar-refractivity contribution in [1.82, 2.24) is 10.2 Å². The lowest BCUT2D eigenvalue weighted by molar-refractivity contribution is -0.149. The molecule has 0 saturated carbocycles. The molecule has 0 fully saturated rings. The molecule has 19 heavy (non-hydrogen) atoms. The van der Waals surface area contributed by atoms with Gasteiger partial charge < -0.3 is 10.1 Å². The lowest BCUT2D eigenvalue weighted by Gasteiger charge is -2.32. The van der Waals surface area contributed by atoms with E-state index < -0.39 is 0 Å². The first kappa shape index (κ1) is 15.7. The maximum Gasteiger partial charge on any atom is 0.323 e. The summed E-state index contributed by atoms with van der Waals surface area (Å²) in [5.41, 5.74) is 1.19. The third-order valence-corrected chi connectivity index (χ3v) is 3.06. The maximum absolute atomic E-state index is 12.0. The number of ether oxygens (including phenoxy) is 1. The van der Waals surface area contributed by atoms with E-state index in [-0.39, 0.29) is 17.9 Å². The Kier molecular flexibility index (Phi) is 6.53. The minimum Gasteiger partial charge on any atom is -0.468 e. The highest BCUT2D eigenvalue weighted by atomic mass is 16.5. The van der Waals surface area contributed by atoms with E-state index in [0.29, 0.717) is 6.67 Å². The van der Waals surface area contributed by atoms with Crippen LogP contribution >= 0.6 is 0 Å². The first-order valence-corrected chi connectivity index (χ1v) is 6.60. The van der Waals surface area contributed by atoms with Crippen LogP contribution < -0.4 is 5.32 Å². The summed E-state index contributed by atoms with van der Waals surface area (Å²) in [5.74, 6) is 0.0192. The summed E-state index contributed by atoms with van der Waals surface area (Å²) < 4.78 is 4.93. The van der Waals surface area contributed by atoms with Crippen LogP contribution in [0.15, 0.2) is 30.3 Å². The van der Waals surface area contributed by atoms with Gasteiger partial charge in [-0.15, -0.1) is 0 Å². The second-order valence-electron chi connectivity index (χ2n) is 4.96. The fraction of sp³-hybridized carbons (Fsp3) is 0.533. The van der Waals surface area contributed by atoms with Gasteiger partial charge in [-0.25, -0.2) is 0 Å². The van der Waals surface area contributed by atoms with Crippen LogP contribution in [-0.2, 0) is 16.1 Å². The van der Waals surface area contributed by atoms with Crippen LogP contribution in [-0.4, -0.2) is 37.7 Å². The molecule has 0 radical (unpaired) electrons. The van der Waals surface area contributed by atoms with Gasteiger partial charge in [0.25, 0.3) is 0 Å². The van der Waals surface area contributed by atoms with Crippen LogP contribution in [0, 0.1) is 5.92 Å². The summed E-state index contributed by atoms with van der Waals surface area (Å²) in [4.78, 5) is 14.1. The van der Waals surface area contributed by atoms with Crippen LogP contribution in [0.5, 0.6) is 0 Å². The third-order valence-electron chi connectivity index (χ3n) is 3.06. The SMILES string of the molecule is CNCN(Cc1ccccc1)C(C(=O)OC)C(C)C. The van der Waals surface area contributed by atoms with Crippen LogP contribution in [0.1, 0.15) is 19.4 Å². The van der Waals surface area contributed by atoms with Gasteiger partial charge in [0, 0.05) is 13.2 Å². The first-order valence-electron chi connectivity index (χ1n) is 6.60. The fourth-order valence-corrected chi connectivity index (χ4v) is 2.24. The lowest BCUT2D eigenvalue weighted by Crippen LogP contribution is -2.48. The van der Waals surface area contributed by atoms with Crippen molar-refractivity contribution in [3.63, 3.8) is 0 Å². The van der Waals surface area contributed by atoms with Crippen molar-refractivity contribution in [1.29, 1.82) is 0 Å². The second-order valence-corrected chi connectivity index (χ2v) is 4.96. The van der Waals surface area contributed by atoms with Crippen molar-refractivity contribution >= 4 is 5.97 Å². The molecule has 4 heteroatoms. The molecule has 0 saturated heterocycles. The van der Waals surface area contributed by atoms with E-state index in [1.54, 1.807) is 0 Å². The van der Waals surface area contributed by atoms with E-state index in [9.17, 15) is 4.79 Å². The molecule has 1 rings (SSSR count). The zero-order valence-electron chi connectivity index (χ0n) is 12.2. The Morgan fingerprint density at radius 3 is 2.42 bits per heavy atom. The van der Waals surface area contributed by atoms with E-state index in [1.165, 1.54) is 12.7 Å². The summed E-state index contributed by atoms with van der Waals surface area (Å²) in [5, 5.41) is 3.12. The maximum atomic E-state index is 12.0. The molecular weight excluding hydrogens is 240 g/mol. The van der Waals surface area contributed by atoms with Crippen molar-refractivity contribution in [2.75, 3.05) is 20.8 Å². The molecule has 1 aromatic rings. The molecule has 1 N–H and O–H groups in total. The highest BCUT2D eigenvalue weighted by Gasteiger charge is 2.29. The Bertz CT molecular complexity index is 379. The van der Waals surface area contributed by atoms with Gasteiger partial charge in [0.1, 0.15) is 6.04 Å². The number of methoxy groups -OCH3 is 1. The number of carbonyl (C=O) groups is 1. The van der Waals surface area contributed by atoms with E-state index in [4.69, 9.17) is 4.74 Å². The number of carbonyl (C=O) groups excluding carboxylic acids is 1. The summed E-state index contributed by atoms with van der Waals surface area (Å²) in [6.45, 7) is 5.44. The normalized spacial score (nSPS) is 12.7. The number of hydrogen-bond acceptors (Lipinski definition) is 4. The van der Waals surface area contributed by atoms with E-state index in [1.807, 2.05) is 39.1 Å². The minimum atomic E-state index is -0.238. The highest BCUT2D eigenvalue weighted by Crippen LogP contribution is 2.15. The molecule has 106 valence electrons. The van der Waals surface area contributed by atoms with Crippen LogP contribution in [0.3, 0.4) is 0 Å². The van der Waals surface area contributed by atoms with Gasteiger partial charge in [0.2, 0.25) is 0 Å². The molecule has 0 aromatic heterocycles. The Balaban J connectivity index is 2.87. The van der Waals surface area contributed by atoms with Crippen molar-refractivity contribution in [3.05, 3.63) is 35.9 Å². The van der Waals surface area contributed by atoms with Gasteiger partial charge in [-0.3, -0.25) is 9.69 Å². The molecule has 0 heterocycles. The zero-order chi connectivity index (χ0) is 14.3. The predicted octanol–water partition coefficient (Wildman–Crippen LogP) is 1.86. The summed E-state index contributed by atoms with van der Waals surface area (Å²) >= 11 is 0. The van der Waals surface area contributed by atoms with Gasteiger partial charge >= 0.3 is 5.97 Å². The van der Waals surface area contributed by atoms with E-state index in [2.05, 4.69) is 22.3 Å². The van der Waals surface area contributed by atoms with E-state index in [0.717, 1.165) is 6.54 Å². The smallest absolute Gasteiger partial charge is 0.323 e. The quantitative estimate of drug-likeness (QED) is 0.603. The molecule has 0 aliphatic heterocycles. The molecule has 0 aliphatic carbocycles. The number of hydrogen-bond donors (Lipinski definition) is 1. The topological polar surface area (TPSA) is 41.6 Å². The molecule has 1 aromatic carbocycles. The standard InChI is InChI=1S/C15H24N2O2/c1-12(2)14(15(18)19-4)17(11-16-3)10-13-8-6-5-7-9-13/h5-9,12,14,16H,10-11H2,1-4H3. The zero-order valence-corrected chi connectivity index (χ0v) is 12.2. The molecular formula is C15H24N2O2. The minimum absolute atomic E-state index is 0.179. The molecule has 4 nitrogen and oxygen atoms in total. The number of esters is 1. The first-order chi connectivity index (χ1) is 9.10. The average molecular weight is 264 g/mol. The molecule has 0 spiro atoms. The van der Waals surface area contributed by atoms with Crippen molar-refractivity contribution in [3.8, 4) is 0 Å². The Morgan fingerprint density at radius 2 is 1.95 bits per heavy atom. The molecule has 0 aliphatic rings. The van der Waals surface area contributed by atoms with Gasteiger partial charge in [0.05, 0.1) is 7.11 Å². The summed E-state index contributed by atoms with van der Waals surface area (Å²) in [6.07, 6.45) is 0. The monoisotopic (exact) mass is 264 g/mol. The molecule has 1 atom stereocenters. The Morgan fingerprint density at radius 1 is 1.32 bits per heavy atom. The van der Waals surface area contributed by atoms with Crippen molar-refractivity contribution in [2.24, 2.45) is 5.92 Å². The van der Waals surface area contributed by atoms with Crippen LogP contribution in [0.2, 0.25) is 0 Å². The van der Waals surface area contributed by atoms with Gasteiger partial charge in [-0.1, -0.05) is 44.2 Å². The van der Waals surface area contributed by atoms with Crippen molar-refractivity contribution < 1.29 is 9.53 Å². The molecule has 0 bridgehead atoms. The highest BCUT2D eigenvalue weighted by molar-refractivity contribution is 5.75. The Hall–Kier alpha value is -1.39. The lowest BCUT2D eigenvalue weighted by atomic mass is 10.0. The van der Waals surface area contributed by atoms with Gasteiger partial charge in [-0.05, 0) is 18.5 Å². The number of nitrogens with one attached hydrogen (secondary N) is 1. The molecule has 1 unspecified atom stereocenters. The van der Waals surface area contributed by atoms with Crippen LogP contribution in [0.25, 0.3) is 0 Å². The summed E-state index contributed by atoms with van der Waals surface area (Å²) in [7, 11) is 3.32. The van der Waals surface area contributed by atoms with E-state index >= 15 is 0 Å². The molecule has 0 amide bonds. The summed E-state index contributed by atoms with van der Waals surface area (Å²) in [6, 6.07) is 9.91. The third kappa shape index (κ3) is 4.65. The second kappa shape index (κ2) is 7.92. The van der Waals surface area contributed by atoms with Crippen molar-refractivity contribution in [2.45, 2.75) is 26.4 Å². The number of nitrogens with zero attached hydrogens (tertiary/aromatic N) is 1. The largest absolute Gasteiger partial charge is 0.468 e. The predicted molar refractivity (Wildman–Crippen MR) is 76.6 cm³/mol. The fourth-order valence-electron chi connectivity index (χ4n) is 2.24. The van der Waals surface area contributed by atoms with Gasteiger partial charge in [-0.2, -0.15) is 0 Å². The van der Waals surface area contributed by atoms with Crippen LogP contribution in [0.4, 0.5) is 0 Å². The van der Waals surface area contributed by atoms with Gasteiger partial charge in [0.15, 0.2) is 0 Å². The average Bonchev–Trinajstić information content (AvgIpc) is 2.39. The number of benzene rings is 1. The Labute approximate surface area is 115 Å².